The summed E-state index contributed by atoms with van der Waals surface area (Å²) in [5.74, 6) is -2.72. The van der Waals surface area contributed by atoms with Crippen LogP contribution < -0.4 is 10.0 Å². The van der Waals surface area contributed by atoms with E-state index < -0.39 is 26.6 Å². The predicted molar refractivity (Wildman–Crippen MR) is 123 cm³/mol. The lowest BCUT2D eigenvalue weighted by atomic mass is 10.1. The first kappa shape index (κ1) is 23.1. The molecule has 1 aromatic heterocycles. The highest BCUT2D eigenvalue weighted by Crippen LogP contribution is 2.19. The van der Waals surface area contributed by atoms with Crippen molar-refractivity contribution < 1.29 is 22.0 Å². The topological polar surface area (TPSA) is 93.1 Å². The minimum atomic E-state index is -4.11. The fraction of sp³-hybridized carbons (Fsp3) is 0.0833. The van der Waals surface area contributed by atoms with Crippen LogP contribution in [0.25, 0.3) is 0 Å². The Balaban J connectivity index is 1.33. The smallest absolute Gasteiger partial charge is 0.261 e. The molecule has 7 nitrogen and oxygen atoms in total. The molecule has 1 amide bonds. The average molecular weight is 483 g/mol. The first-order valence-corrected chi connectivity index (χ1v) is 11.7. The predicted octanol–water partition coefficient (Wildman–Crippen LogP) is 3.94. The van der Waals surface area contributed by atoms with Gasteiger partial charge >= 0.3 is 0 Å². The Kier molecular flexibility index (Phi) is 6.69. The minimum absolute atomic E-state index is 0.176. The monoisotopic (exact) mass is 482 g/mol. The Hall–Kier alpha value is -4.05. The van der Waals surface area contributed by atoms with Crippen LogP contribution in [0.4, 0.5) is 14.5 Å². The number of nitrogens with zero attached hydrogens (tertiary/aromatic N) is 2. The van der Waals surface area contributed by atoms with Gasteiger partial charge in [-0.2, -0.15) is 0 Å². The Morgan fingerprint density at radius 1 is 0.912 bits per heavy atom. The number of hydrogen-bond acceptors (Lipinski definition) is 4. The van der Waals surface area contributed by atoms with Crippen molar-refractivity contribution in [3.8, 4) is 0 Å². The molecule has 4 aromatic rings. The summed E-state index contributed by atoms with van der Waals surface area (Å²) in [7, 11) is -4.11. The zero-order valence-electron chi connectivity index (χ0n) is 17.8. The number of aromatic nitrogens is 2. The van der Waals surface area contributed by atoms with Gasteiger partial charge in [0.15, 0.2) is 11.6 Å². The van der Waals surface area contributed by atoms with Crippen molar-refractivity contribution >= 4 is 21.6 Å². The number of amides is 1. The van der Waals surface area contributed by atoms with E-state index in [-0.39, 0.29) is 11.6 Å². The van der Waals surface area contributed by atoms with Crippen molar-refractivity contribution in [2.24, 2.45) is 0 Å². The number of rotatable bonds is 8. The molecular formula is C24H20F2N4O3S. The SMILES string of the molecule is O=C(NCc1ccc(Cn2ccnc2)cc1)c1ccc(NS(=O)(=O)c2ccc(F)c(F)c2)cc1. The Morgan fingerprint density at radius 3 is 2.26 bits per heavy atom. The van der Waals surface area contributed by atoms with Crippen molar-refractivity contribution in [2.45, 2.75) is 18.0 Å². The zero-order valence-corrected chi connectivity index (χ0v) is 18.6. The normalized spacial score (nSPS) is 11.2. The third kappa shape index (κ3) is 5.65. The minimum Gasteiger partial charge on any atom is -0.348 e. The van der Waals surface area contributed by atoms with Crippen molar-refractivity contribution in [1.82, 2.24) is 14.9 Å². The molecule has 0 spiro atoms. The molecule has 0 bridgehead atoms. The lowest BCUT2D eigenvalue weighted by Gasteiger charge is -2.10. The highest BCUT2D eigenvalue weighted by molar-refractivity contribution is 7.92. The van der Waals surface area contributed by atoms with E-state index in [9.17, 15) is 22.0 Å². The number of halogens is 2. The van der Waals surface area contributed by atoms with Crippen LogP contribution in [0.3, 0.4) is 0 Å². The highest BCUT2D eigenvalue weighted by atomic mass is 32.2. The van der Waals surface area contributed by atoms with Gasteiger partial charge in [-0.1, -0.05) is 24.3 Å². The van der Waals surface area contributed by atoms with Crippen LogP contribution in [0.1, 0.15) is 21.5 Å². The number of nitrogens with one attached hydrogen (secondary N) is 2. The van der Waals surface area contributed by atoms with Crippen LogP contribution in [0, 0.1) is 11.6 Å². The van der Waals surface area contributed by atoms with Gasteiger partial charge in [-0.3, -0.25) is 9.52 Å². The molecule has 3 aromatic carbocycles. The van der Waals surface area contributed by atoms with Crippen LogP contribution in [-0.4, -0.2) is 23.9 Å². The highest BCUT2D eigenvalue weighted by Gasteiger charge is 2.17. The second-order valence-corrected chi connectivity index (χ2v) is 9.18. The van der Waals surface area contributed by atoms with Crippen LogP contribution in [0.2, 0.25) is 0 Å². The van der Waals surface area contributed by atoms with Crippen molar-refractivity contribution in [2.75, 3.05) is 4.72 Å². The second kappa shape index (κ2) is 9.84. The molecule has 34 heavy (non-hydrogen) atoms. The largest absolute Gasteiger partial charge is 0.348 e. The van der Waals surface area contributed by atoms with E-state index in [0.29, 0.717) is 24.7 Å². The van der Waals surface area contributed by atoms with Gasteiger partial charge in [0, 0.05) is 36.7 Å². The summed E-state index contributed by atoms with van der Waals surface area (Å²) < 4.78 is 55.4. The summed E-state index contributed by atoms with van der Waals surface area (Å²) in [5, 5.41) is 2.82. The van der Waals surface area contributed by atoms with Crippen LogP contribution in [0.15, 0.2) is 90.3 Å². The van der Waals surface area contributed by atoms with Crippen LogP contribution in [0.5, 0.6) is 0 Å². The maximum Gasteiger partial charge on any atom is 0.261 e. The number of carbonyl (C=O) groups excluding carboxylic acids is 1. The van der Waals surface area contributed by atoms with Gasteiger partial charge in [0.2, 0.25) is 0 Å². The Morgan fingerprint density at radius 2 is 1.62 bits per heavy atom. The zero-order chi connectivity index (χ0) is 24.1. The number of imidazole rings is 1. The van der Waals surface area contributed by atoms with E-state index in [2.05, 4.69) is 15.0 Å². The first-order valence-electron chi connectivity index (χ1n) is 10.2. The van der Waals surface area contributed by atoms with Crippen molar-refractivity contribution in [1.29, 1.82) is 0 Å². The standard InChI is InChI=1S/C24H20F2N4O3S/c25-22-10-9-21(13-23(22)26)34(32,33)29-20-7-5-19(6-8-20)24(31)28-14-17-1-3-18(4-2-17)15-30-12-11-27-16-30/h1-13,16,29H,14-15H2,(H,28,31). The fourth-order valence-corrected chi connectivity index (χ4v) is 4.26. The van der Waals surface area contributed by atoms with Gasteiger partial charge in [0.05, 0.1) is 11.2 Å². The summed E-state index contributed by atoms with van der Waals surface area (Å²) in [6.07, 6.45) is 5.35. The molecule has 0 aliphatic carbocycles. The van der Waals surface area contributed by atoms with Gasteiger partial charge in [-0.05, 0) is 53.6 Å². The lowest BCUT2D eigenvalue weighted by molar-refractivity contribution is 0.0951. The molecule has 0 unspecified atom stereocenters. The number of hydrogen-bond donors (Lipinski definition) is 2. The summed E-state index contributed by atoms with van der Waals surface area (Å²) in [6.45, 7) is 1.04. The third-order valence-corrected chi connectivity index (χ3v) is 6.38. The number of sulfonamides is 1. The Bertz CT molecular complexity index is 1390. The van der Waals surface area contributed by atoms with Gasteiger partial charge in [0.25, 0.3) is 15.9 Å². The Labute approximate surface area is 195 Å². The quantitative estimate of drug-likeness (QED) is 0.398. The molecule has 0 saturated carbocycles. The number of carbonyl (C=O) groups is 1. The van der Waals surface area contributed by atoms with Gasteiger partial charge in [-0.15, -0.1) is 0 Å². The molecule has 0 fully saturated rings. The number of anilines is 1. The van der Waals surface area contributed by atoms with E-state index in [1.807, 2.05) is 35.0 Å². The molecule has 1 heterocycles. The van der Waals surface area contributed by atoms with E-state index >= 15 is 0 Å². The molecule has 0 atom stereocenters. The number of benzene rings is 3. The van der Waals surface area contributed by atoms with E-state index in [0.717, 1.165) is 23.3 Å². The molecule has 2 N–H and O–H groups in total. The first-order chi connectivity index (χ1) is 16.3. The molecule has 0 aliphatic rings. The molecule has 10 heteroatoms. The van der Waals surface area contributed by atoms with Gasteiger partial charge in [-0.25, -0.2) is 22.2 Å². The third-order valence-electron chi connectivity index (χ3n) is 5.00. The van der Waals surface area contributed by atoms with E-state index in [1.54, 1.807) is 12.5 Å². The lowest BCUT2D eigenvalue weighted by Crippen LogP contribution is -2.22. The van der Waals surface area contributed by atoms with Gasteiger partial charge < -0.3 is 9.88 Å². The summed E-state index contributed by atoms with van der Waals surface area (Å²) in [4.78, 5) is 16.0. The van der Waals surface area contributed by atoms with Crippen LogP contribution in [-0.2, 0) is 23.1 Å². The van der Waals surface area contributed by atoms with Crippen molar-refractivity contribution in [3.63, 3.8) is 0 Å². The summed E-state index contributed by atoms with van der Waals surface area (Å²) >= 11 is 0. The fourth-order valence-electron chi connectivity index (χ4n) is 3.19. The molecule has 4 rings (SSSR count). The maximum absolute atomic E-state index is 13.4. The van der Waals surface area contributed by atoms with E-state index in [1.165, 1.54) is 24.3 Å². The van der Waals surface area contributed by atoms with Gasteiger partial charge in [0.1, 0.15) is 0 Å². The summed E-state index contributed by atoms with van der Waals surface area (Å²) in [6, 6.07) is 15.9. The van der Waals surface area contributed by atoms with E-state index in [4.69, 9.17) is 0 Å². The second-order valence-electron chi connectivity index (χ2n) is 7.49. The molecule has 0 aliphatic heterocycles. The average Bonchev–Trinajstić information content (AvgIpc) is 3.33. The van der Waals surface area contributed by atoms with Crippen LogP contribution >= 0.6 is 0 Å². The molecule has 0 saturated heterocycles. The molecule has 0 radical (unpaired) electrons. The summed E-state index contributed by atoms with van der Waals surface area (Å²) in [5.41, 5.74) is 2.55. The molecular weight excluding hydrogens is 462 g/mol. The molecule has 174 valence electrons. The maximum atomic E-state index is 13.4. The van der Waals surface area contributed by atoms with Crippen molar-refractivity contribution in [3.05, 3.63) is 114 Å².